The van der Waals surface area contributed by atoms with Gasteiger partial charge in [-0.05, 0) is 24.5 Å². The third-order valence-electron chi connectivity index (χ3n) is 2.31. The van der Waals surface area contributed by atoms with Crippen LogP contribution < -0.4 is 4.72 Å². The first kappa shape index (κ1) is 13.0. The van der Waals surface area contributed by atoms with Crippen LogP contribution in [-0.2, 0) is 16.7 Å². The minimum Gasteiger partial charge on any atom is -0.269 e. The van der Waals surface area contributed by atoms with E-state index in [4.69, 9.17) is 4.55 Å². The number of unbranched alkanes of at least 4 members (excludes halogenated alkanes) is 2. The average molecular weight is 243 g/mol. The molecule has 90 valence electrons. The molecular formula is C11H17NO3S. The van der Waals surface area contributed by atoms with E-state index in [1.54, 1.807) is 12.1 Å². The van der Waals surface area contributed by atoms with Crippen LogP contribution in [0.3, 0.4) is 0 Å². The zero-order valence-corrected chi connectivity index (χ0v) is 10.1. The first-order valence-electron chi connectivity index (χ1n) is 5.36. The molecule has 0 radical (unpaired) electrons. The molecule has 0 saturated carbocycles. The first-order chi connectivity index (χ1) is 7.53. The molecule has 1 aromatic rings. The number of aryl methyl sites for hydroxylation is 1. The summed E-state index contributed by atoms with van der Waals surface area (Å²) in [5.41, 5.74) is 1.37. The van der Waals surface area contributed by atoms with E-state index in [1.165, 1.54) is 0 Å². The van der Waals surface area contributed by atoms with Crippen LogP contribution in [-0.4, -0.2) is 13.0 Å². The highest BCUT2D eigenvalue weighted by Crippen LogP contribution is 2.18. The molecule has 4 nitrogen and oxygen atoms in total. The lowest BCUT2D eigenvalue weighted by molar-refractivity contribution is 0.489. The van der Waals surface area contributed by atoms with E-state index >= 15 is 0 Å². The average Bonchev–Trinajstić information content (AvgIpc) is 2.19. The van der Waals surface area contributed by atoms with Crippen LogP contribution in [0.4, 0.5) is 5.69 Å². The molecule has 5 heteroatoms. The standard InChI is InChI=1S/C11H17NO3S/c1-2-3-4-7-10-8-5-6-9-11(10)12-16(13,14)15/h5-6,8-9,12H,2-4,7H2,1H3,(H,13,14,15). The van der Waals surface area contributed by atoms with Crippen molar-refractivity contribution in [3.63, 3.8) is 0 Å². The second-order valence-electron chi connectivity index (χ2n) is 3.69. The fraction of sp³-hybridized carbons (Fsp3) is 0.455. The van der Waals surface area contributed by atoms with Gasteiger partial charge in [-0.25, -0.2) is 0 Å². The van der Waals surface area contributed by atoms with Gasteiger partial charge in [0.15, 0.2) is 0 Å². The largest absolute Gasteiger partial charge is 0.357 e. The Bertz CT molecular complexity index is 429. The summed E-state index contributed by atoms with van der Waals surface area (Å²) in [7, 11) is -4.18. The summed E-state index contributed by atoms with van der Waals surface area (Å²) < 4.78 is 32.3. The molecule has 0 spiro atoms. The Hall–Kier alpha value is -1.07. The first-order valence-corrected chi connectivity index (χ1v) is 6.80. The van der Waals surface area contributed by atoms with Gasteiger partial charge in [-0.3, -0.25) is 9.27 Å². The Kier molecular flexibility index (Phi) is 4.76. The van der Waals surface area contributed by atoms with Gasteiger partial charge in [0.05, 0.1) is 5.69 Å². The zero-order chi connectivity index (χ0) is 12.0. The van der Waals surface area contributed by atoms with Crippen molar-refractivity contribution in [2.24, 2.45) is 0 Å². The van der Waals surface area contributed by atoms with Crippen molar-refractivity contribution in [1.82, 2.24) is 0 Å². The van der Waals surface area contributed by atoms with E-state index < -0.39 is 10.3 Å². The van der Waals surface area contributed by atoms with Gasteiger partial charge < -0.3 is 0 Å². The second-order valence-corrected chi connectivity index (χ2v) is 4.85. The van der Waals surface area contributed by atoms with Crippen LogP contribution >= 0.6 is 0 Å². The number of hydrogen-bond acceptors (Lipinski definition) is 2. The summed E-state index contributed by atoms with van der Waals surface area (Å²) in [4.78, 5) is 0. The third-order valence-corrected chi connectivity index (χ3v) is 2.78. The summed E-state index contributed by atoms with van der Waals surface area (Å²) in [6, 6.07) is 7.10. The fourth-order valence-corrected chi connectivity index (χ4v) is 2.02. The van der Waals surface area contributed by atoms with Gasteiger partial charge in [-0.2, -0.15) is 8.42 Å². The lowest BCUT2D eigenvalue weighted by atomic mass is 10.1. The number of anilines is 1. The normalized spacial score (nSPS) is 11.4. The highest BCUT2D eigenvalue weighted by Gasteiger charge is 2.07. The SMILES string of the molecule is CCCCCc1ccccc1NS(=O)(=O)O. The minimum absolute atomic E-state index is 0.459. The minimum atomic E-state index is -4.18. The van der Waals surface area contributed by atoms with Crippen molar-refractivity contribution in [2.75, 3.05) is 4.72 Å². The van der Waals surface area contributed by atoms with Gasteiger partial charge in [0.1, 0.15) is 0 Å². The third kappa shape index (κ3) is 4.63. The van der Waals surface area contributed by atoms with Crippen molar-refractivity contribution in [1.29, 1.82) is 0 Å². The Morgan fingerprint density at radius 2 is 1.94 bits per heavy atom. The summed E-state index contributed by atoms with van der Waals surface area (Å²) in [6.45, 7) is 2.11. The maximum atomic E-state index is 10.7. The van der Waals surface area contributed by atoms with Gasteiger partial charge in [0.25, 0.3) is 0 Å². The number of nitrogens with one attached hydrogen (secondary N) is 1. The summed E-state index contributed by atoms with van der Waals surface area (Å²) >= 11 is 0. The van der Waals surface area contributed by atoms with Crippen molar-refractivity contribution in [2.45, 2.75) is 32.6 Å². The molecule has 0 amide bonds. The number of benzene rings is 1. The maximum absolute atomic E-state index is 10.7. The lowest BCUT2D eigenvalue weighted by Crippen LogP contribution is -2.11. The van der Waals surface area contributed by atoms with Crippen LogP contribution in [0.25, 0.3) is 0 Å². The van der Waals surface area contributed by atoms with Gasteiger partial charge in [0, 0.05) is 0 Å². The molecular weight excluding hydrogens is 226 g/mol. The Morgan fingerprint density at radius 3 is 2.56 bits per heavy atom. The van der Waals surface area contributed by atoms with Crippen LogP contribution in [0.5, 0.6) is 0 Å². The summed E-state index contributed by atoms with van der Waals surface area (Å²) in [5.74, 6) is 0. The fourth-order valence-electron chi connectivity index (χ4n) is 1.54. The topological polar surface area (TPSA) is 66.4 Å². The van der Waals surface area contributed by atoms with Crippen LogP contribution in [0.1, 0.15) is 31.7 Å². The van der Waals surface area contributed by atoms with E-state index in [-0.39, 0.29) is 0 Å². The molecule has 0 atom stereocenters. The van der Waals surface area contributed by atoms with E-state index in [0.717, 1.165) is 31.2 Å². The Morgan fingerprint density at radius 1 is 1.25 bits per heavy atom. The molecule has 1 rings (SSSR count). The maximum Gasteiger partial charge on any atom is 0.357 e. The van der Waals surface area contributed by atoms with Crippen molar-refractivity contribution in [3.05, 3.63) is 29.8 Å². The molecule has 0 fully saturated rings. The summed E-state index contributed by atoms with van der Waals surface area (Å²) in [5, 5.41) is 0. The molecule has 0 heterocycles. The van der Waals surface area contributed by atoms with Gasteiger partial charge in [0.2, 0.25) is 0 Å². The molecule has 1 aromatic carbocycles. The molecule has 0 aliphatic heterocycles. The molecule has 0 unspecified atom stereocenters. The van der Waals surface area contributed by atoms with Crippen molar-refractivity contribution < 1.29 is 13.0 Å². The molecule has 16 heavy (non-hydrogen) atoms. The van der Waals surface area contributed by atoms with Crippen molar-refractivity contribution >= 4 is 16.0 Å². The van der Waals surface area contributed by atoms with Crippen LogP contribution in [0, 0.1) is 0 Å². The van der Waals surface area contributed by atoms with Crippen molar-refractivity contribution in [3.8, 4) is 0 Å². The molecule has 2 N–H and O–H groups in total. The van der Waals surface area contributed by atoms with Crippen LogP contribution in [0.2, 0.25) is 0 Å². The van der Waals surface area contributed by atoms with Gasteiger partial charge in [-0.15, -0.1) is 0 Å². The van der Waals surface area contributed by atoms with E-state index in [2.05, 4.69) is 11.6 Å². The van der Waals surface area contributed by atoms with E-state index in [0.29, 0.717) is 5.69 Å². The molecule has 0 aliphatic rings. The number of rotatable bonds is 6. The quantitative estimate of drug-likeness (QED) is 0.596. The lowest BCUT2D eigenvalue weighted by Gasteiger charge is -2.09. The predicted molar refractivity (Wildman–Crippen MR) is 64.8 cm³/mol. The molecule has 0 saturated heterocycles. The van der Waals surface area contributed by atoms with Gasteiger partial charge in [-0.1, -0.05) is 38.0 Å². The Balaban J connectivity index is 2.75. The Labute approximate surface area is 96.6 Å². The number of para-hydroxylation sites is 1. The predicted octanol–water partition coefficient (Wildman–Crippen LogP) is 2.63. The summed E-state index contributed by atoms with van der Waals surface area (Å²) in [6.07, 6.45) is 4.06. The highest BCUT2D eigenvalue weighted by molar-refractivity contribution is 7.87. The monoisotopic (exact) mass is 243 g/mol. The van der Waals surface area contributed by atoms with Crippen LogP contribution in [0.15, 0.2) is 24.3 Å². The smallest absolute Gasteiger partial charge is 0.269 e. The zero-order valence-electron chi connectivity index (χ0n) is 9.31. The molecule has 0 aromatic heterocycles. The highest BCUT2D eigenvalue weighted by atomic mass is 32.2. The van der Waals surface area contributed by atoms with E-state index in [9.17, 15) is 8.42 Å². The molecule has 0 bridgehead atoms. The molecule has 0 aliphatic carbocycles. The van der Waals surface area contributed by atoms with Gasteiger partial charge >= 0.3 is 10.3 Å². The van der Waals surface area contributed by atoms with E-state index in [1.807, 2.05) is 12.1 Å². The second kappa shape index (κ2) is 5.86. The number of hydrogen-bond donors (Lipinski definition) is 2.